The van der Waals surface area contributed by atoms with Crippen molar-refractivity contribution >= 4 is 12.0 Å². The predicted octanol–water partition coefficient (Wildman–Crippen LogP) is 1.06. The number of urea groups is 1. The van der Waals surface area contributed by atoms with Crippen molar-refractivity contribution < 1.29 is 24.5 Å². The van der Waals surface area contributed by atoms with Gasteiger partial charge in [0, 0.05) is 26.2 Å². The molecule has 0 heterocycles. The average molecular weight is 304 g/mol. The summed E-state index contributed by atoms with van der Waals surface area (Å²) in [6.45, 7) is 6.16. The molecule has 21 heavy (non-hydrogen) atoms. The van der Waals surface area contributed by atoms with Gasteiger partial charge in [-0.25, -0.2) is 4.79 Å². The Labute approximate surface area is 126 Å². The van der Waals surface area contributed by atoms with Gasteiger partial charge in [0.15, 0.2) is 0 Å². The number of carbonyl (C=O) groups excluding carboxylic acids is 1. The second kappa shape index (κ2) is 9.57. The standard InChI is InChI=1S/C14H28N2O5/c1-5-11(6-2)16(7-8-21-4)13(19)15-10-14(3,20)9-12(17)18/h11,20H,5-10H2,1-4H3,(H,15,19)(H,17,18). The Morgan fingerprint density at radius 2 is 1.90 bits per heavy atom. The van der Waals surface area contributed by atoms with E-state index in [-0.39, 0.29) is 18.6 Å². The summed E-state index contributed by atoms with van der Waals surface area (Å²) >= 11 is 0. The van der Waals surface area contributed by atoms with E-state index in [2.05, 4.69) is 5.32 Å². The summed E-state index contributed by atoms with van der Waals surface area (Å²) in [6.07, 6.45) is 1.22. The van der Waals surface area contributed by atoms with Crippen LogP contribution in [0.4, 0.5) is 4.79 Å². The molecule has 3 N–H and O–H groups in total. The van der Waals surface area contributed by atoms with Crippen LogP contribution in [0.2, 0.25) is 0 Å². The van der Waals surface area contributed by atoms with Gasteiger partial charge in [0.2, 0.25) is 0 Å². The van der Waals surface area contributed by atoms with Gasteiger partial charge in [-0.1, -0.05) is 13.8 Å². The van der Waals surface area contributed by atoms with Gasteiger partial charge in [0.05, 0.1) is 18.6 Å². The number of hydrogen-bond acceptors (Lipinski definition) is 4. The Balaban J connectivity index is 4.62. The van der Waals surface area contributed by atoms with Crippen molar-refractivity contribution in [1.82, 2.24) is 10.2 Å². The Hall–Kier alpha value is -1.34. The van der Waals surface area contributed by atoms with Crippen molar-refractivity contribution in [3.05, 3.63) is 0 Å². The van der Waals surface area contributed by atoms with E-state index in [1.807, 2.05) is 13.8 Å². The average Bonchev–Trinajstić information content (AvgIpc) is 2.39. The van der Waals surface area contributed by atoms with Crippen LogP contribution < -0.4 is 5.32 Å². The molecule has 0 aromatic heterocycles. The largest absolute Gasteiger partial charge is 0.481 e. The zero-order valence-electron chi connectivity index (χ0n) is 13.4. The van der Waals surface area contributed by atoms with E-state index in [0.717, 1.165) is 12.8 Å². The summed E-state index contributed by atoms with van der Waals surface area (Å²) in [5.74, 6) is -1.11. The lowest BCUT2D eigenvalue weighted by Crippen LogP contribution is -2.51. The third kappa shape index (κ3) is 7.87. The van der Waals surface area contributed by atoms with Gasteiger partial charge in [-0.15, -0.1) is 0 Å². The Bertz CT molecular complexity index is 329. The minimum Gasteiger partial charge on any atom is -0.481 e. The van der Waals surface area contributed by atoms with Crippen molar-refractivity contribution in [3.63, 3.8) is 0 Å². The normalized spacial score (nSPS) is 13.8. The smallest absolute Gasteiger partial charge is 0.317 e. The lowest BCUT2D eigenvalue weighted by molar-refractivity contribution is -0.141. The zero-order valence-corrected chi connectivity index (χ0v) is 13.4. The Morgan fingerprint density at radius 1 is 1.33 bits per heavy atom. The van der Waals surface area contributed by atoms with Crippen molar-refractivity contribution in [3.8, 4) is 0 Å². The van der Waals surface area contributed by atoms with Crippen LogP contribution in [0.15, 0.2) is 0 Å². The van der Waals surface area contributed by atoms with E-state index in [1.165, 1.54) is 6.92 Å². The molecular weight excluding hydrogens is 276 g/mol. The van der Waals surface area contributed by atoms with Crippen LogP contribution in [0.1, 0.15) is 40.0 Å². The first-order valence-electron chi connectivity index (χ1n) is 7.25. The first kappa shape index (κ1) is 19.7. The molecule has 1 unspecified atom stereocenters. The highest BCUT2D eigenvalue weighted by Crippen LogP contribution is 2.11. The fraction of sp³-hybridized carbons (Fsp3) is 0.857. The second-order valence-corrected chi connectivity index (χ2v) is 5.38. The summed E-state index contributed by atoms with van der Waals surface area (Å²) in [5, 5.41) is 21.2. The van der Waals surface area contributed by atoms with Crippen molar-refractivity contribution in [2.24, 2.45) is 0 Å². The van der Waals surface area contributed by atoms with Crippen LogP contribution in [-0.2, 0) is 9.53 Å². The van der Waals surface area contributed by atoms with Crippen LogP contribution >= 0.6 is 0 Å². The van der Waals surface area contributed by atoms with E-state index in [1.54, 1.807) is 12.0 Å². The van der Waals surface area contributed by atoms with Gasteiger partial charge in [0.1, 0.15) is 0 Å². The van der Waals surface area contributed by atoms with Gasteiger partial charge in [-0.05, 0) is 19.8 Å². The molecule has 0 saturated carbocycles. The summed E-state index contributed by atoms with van der Waals surface area (Å²) in [4.78, 5) is 24.5. The van der Waals surface area contributed by atoms with E-state index < -0.39 is 18.0 Å². The predicted molar refractivity (Wildman–Crippen MR) is 79.2 cm³/mol. The minimum absolute atomic E-state index is 0.0876. The molecule has 0 spiro atoms. The molecule has 0 aliphatic heterocycles. The van der Waals surface area contributed by atoms with Crippen LogP contribution in [0.3, 0.4) is 0 Å². The van der Waals surface area contributed by atoms with Crippen LogP contribution in [0, 0.1) is 0 Å². The summed E-state index contributed by atoms with van der Waals surface area (Å²) < 4.78 is 5.01. The van der Waals surface area contributed by atoms with E-state index in [9.17, 15) is 14.7 Å². The molecule has 0 aliphatic carbocycles. The number of aliphatic hydroxyl groups is 1. The van der Waals surface area contributed by atoms with Gasteiger partial charge < -0.3 is 25.2 Å². The van der Waals surface area contributed by atoms with Crippen molar-refractivity contribution in [1.29, 1.82) is 0 Å². The number of nitrogens with one attached hydrogen (secondary N) is 1. The molecule has 124 valence electrons. The van der Waals surface area contributed by atoms with Crippen LogP contribution in [0.25, 0.3) is 0 Å². The number of amides is 2. The molecule has 0 rings (SSSR count). The van der Waals surface area contributed by atoms with Crippen LogP contribution in [-0.4, -0.2) is 65.6 Å². The molecule has 0 radical (unpaired) electrons. The molecule has 2 amide bonds. The number of nitrogens with zero attached hydrogens (tertiary/aromatic N) is 1. The zero-order chi connectivity index (χ0) is 16.5. The molecule has 7 nitrogen and oxygen atoms in total. The molecule has 0 fully saturated rings. The Morgan fingerprint density at radius 3 is 2.33 bits per heavy atom. The van der Waals surface area contributed by atoms with Gasteiger partial charge in [0.25, 0.3) is 0 Å². The maximum Gasteiger partial charge on any atom is 0.317 e. The number of aliphatic carboxylic acids is 1. The summed E-state index contributed by atoms with van der Waals surface area (Å²) in [6, 6.07) is -0.226. The topological polar surface area (TPSA) is 99.1 Å². The fourth-order valence-electron chi connectivity index (χ4n) is 2.12. The third-order valence-corrected chi connectivity index (χ3v) is 3.33. The van der Waals surface area contributed by atoms with E-state index >= 15 is 0 Å². The molecule has 0 aromatic carbocycles. The van der Waals surface area contributed by atoms with Gasteiger partial charge in [-0.2, -0.15) is 0 Å². The number of methoxy groups -OCH3 is 1. The molecule has 1 atom stereocenters. The molecule has 0 aromatic rings. The minimum atomic E-state index is -1.47. The molecule has 0 aliphatic rings. The maximum absolute atomic E-state index is 12.2. The van der Waals surface area contributed by atoms with Crippen molar-refractivity contribution in [2.45, 2.75) is 51.7 Å². The lowest BCUT2D eigenvalue weighted by Gasteiger charge is -2.32. The molecular formula is C14H28N2O5. The number of carboxylic acid groups (broad SMARTS) is 1. The SMILES string of the molecule is CCC(CC)N(CCOC)C(=O)NCC(C)(O)CC(=O)O. The number of carboxylic acids is 1. The first-order valence-corrected chi connectivity index (χ1v) is 7.25. The maximum atomic E-state index is 12.2. The highest BCUT2D eigenvalue weighted by Gasteiger charge is 2.27. The summed E-state index contributed by atoms with van der Waals surface area (Å²) in [7, 11) is 1.57. The monoisotopic (exact) mass is 304 g/mol. The number of ether oxygens (including phenoxy) is 1. The molecule has 7 heteroatoms. The number of hydrogen-bond donors (Lipinski definition) is 3. The fourth-order valence-corrected chi connectivity index (χ4v) is 2.12. The third-order valence-electron chi connectivity index (χ3n) is 3.33. The van der Waals surface area contributed by atoms with Gasteiger partial charge in [-0.3, -0.25) is 4.79 Å². The first-order chi connectivity index (χ1) is 9.77. The highest BCUT2D eigenvalue weighted by atomic mass is 16.5. The second-order valence-electron chi connectivity index (χ2n) is 5.38. The number of rotatable bonds is 10. The summed E-state index contributed by atoms with van der Waals surface area (Å²) in [5.41, 5.74) is -1.47. The van der Waals surface area contributed by atoms with Crippen LogP contribution in [0.5, 0.6) is 0 Å². The van der Waals surface area contributed by atoms with Gasteiger partial charge >= 0.3 is 12.0 Å². The molecule has 0 bridgehead atoms. The lowest BCUT2D eigenvalue weighted by atomic mass is 10.0. The number of carbonyl (C=O) groups is 2. The Kier molecular flexibility index (Phi) is 8.96. The van der Waals surface area contributed by atoms with Crippen molar-refractivity contribution in [2.75, 3.05) is 26.8 Å². The van der Waals surface area contributed by atoms with E-state index in [0.29, 0.717) is 13.2 Å². The van der Waals surface area contributed by atoms with E-state index in [4.69, 9.17) is 9.84 Å². The quantitative estimate of drug-likeness (QED) is 0.560. The molecule has 0 saturated heterocycles. The highest BCUT2D eigenvalue weighted by molar-refractivity contribution is 5.75.